The van der Waals surface area contributed by atoms with Crippen LogP contribution in [-0.4, -0.2) is 31.9 Å². The molecule has 0 aromatic heterocycles. The number of halogens is 1. The third kappa shape index (κ3) is 3.29. The normalized spacial score (nSPS) is 14.1. The van der Waals surface area contributed by atoms with Gasteiger partial charge in [0.1, 0.15) is 0 Å². The third-order valence-corrected chi connectivity index (χ3v) is 4.45. The molecule has 1 heterocycles. The quantitative estimate of drug-likeness (QED) is 0.470. The fourth-order valence-electron chi connectivity index (χ4n) is 1.85. The highest BCUT2D eigenvalue weighted by Crippen LogP contribution is 2.21. The molecule has 0 unspecified atom stereocenters. The fraction of sp³-hybridized carbons (Fsp3) is 0.333. The van der Waals surface area contributed by atoms with Crippen molar-refractivity contribution in [3.63, 3.8) is 0 Å². The fourth-order valence-corrected chi connectivity index (χ4v) is 3.21. The standard InChI is InChI=1S/C12H13ClN2O4S/c13-5-1-2-6-20(18,19)15-8-3-4-9-10(7-8)12(17)14-11(9)16/h3-4,7,15H,1-2,5-6H2,(H,14,16,17). The summed E-state index contributed by atoms with van der Waals surface area (Å²) in [5.74, 6) is -0.617. The van der Waals surface area contributed by atoms with Crippen molar-refractivity contribution < 1.29 is 18.0 Å². The monoisotopic (exact) mass is 316 g/mol. The van der Waals surface area contributed by atoms with Crippen molar-refractivity contribution in [2.45, 2.75) is 12.8 Å². The highest BCUT2D eigenvalue weighted by Gasteiger charge is 2.27. The Morgan fingerprint density at radius 1 is 1.10 bits per heavy atom. The van der Waals surface area contributed by atoms with Crippen LogP contribution in [0.2, 0.25) is 0 Å². The lowest BCUT2D eigenvalue weighted by Crippen LogP contribution is -2.20. The van der Waals surface area contributed by atoms with E-state index in [0.717, 1.165) is 0 Å². The van der Waals surface area contributed by atoms with Crippen LogP contribution in [0.4, 0.5) is 5.69 Å². The number of rotatable bonds is 6. The molecule has 0 radical (unpaired) electrons. The highest BCUT2D eigenvalue weighted by atomic mass is 35.5. The second-order valence-corrected chi connectivity index (χ2v) is 6.58. The van der Waals surface area contributed by atoms with Crippen molar-refractivity contribution in [2.75, 3.05) is 16.4 Å². The van der Waals surface area contributed by atoms with Gasteiger partial charge in [0.05, 0.1) is 16.9 Å². The lowest BCUT2D eigenvalue weighted by atomic mass is 10.1. The second-order valence-electron chi connectivity index (χ2n) is 4.36. The molecule has 1 aliphatic rings. The summed E-state index contributed by atoms with van der Waals surface area (Å²) < 4.78 is 26.0. The maximum atomic E-state index is 11.8. The van der Waals surface area contributed by atoms with Gasteiger partial charge >= 0.3 is 0 Å². The Morgan fingerprint density at radius 3 is 2.50 bits per heavy atom. The molecule has 6 nitrogen and oxygen atoms in total. The van der Waals surface area contributed by atoms with E-state index in [2.05, 4.69) is 10.0 Å². The number of hydrogen-bond acceptors (Lipinski definition) is 4. The van der Waals surface area contributed by atoms with Crippen LogP contribution >= 0.6 is 11.6 Å². The van der Waals surface area contributed by atoms with Crippen molar-refractivity contribution in [2.24, 2.45) is 0 Å². The summed E-state index contributed by atoms with van der Waals surface area (Å²) in [4.78, 5) is 22.8. The number of carbonyl (C=O) groups excluding carboxylic acids is 2. The highest BCUT2D eigenvalue weighted by molar-refractivity contribution is 7.92. The van der Waals surface area contributed by atoms with Crippen LogP contribution in [-0.2, 0) is 10.0 Å². The molecule has 0 fully saturated rings. The van der Waals surface area contributed by atoms with E-state index >= 15 is 0 Å². The first-order valence-corrected chi connectivity index (χ1v) is 8.18. The van der Waals surface area contributed by atoms with E-state index in [0.29, 0.717) is 18.7 Å². The maximum Gasteiger partial charge on any atom is 0.259 e. The zero-order valence-electron chi connectivity index (χ0n) is 10.5. The summed E-state index contributed by atoms with van der Waals surface area (Å²) in [7, 11) is -3.48. The van der Waals surface area contributed by atoms with Crippen LogP contribution in [0.15, 0.2) is 18.2 Å². The molecular weight excluding hydrogens is 304 g/mol. The Morgan fingerprint density at radius 2 is 1.80 bits per heavy atom. The summed E-state index contributed by atoms with van der Waals surface area (Å²) >= 11 is 5.49. The number of amides is 2. The molecule has 1 aromatic rings. The van der Waals surface area contributed by atoms with Crippen molar-refractivity contribution in [3.8, 4) is 0 Å². The number of imide groups is 1. The van der Waals surface area contributed by atoms with Gasteiger partial charge in [0, 0.05) is 11.6 Å². The molecule has 2 N–H and O–H groups in total. The average Bonchev–Trinajstić information content (AvgIpc) is 2.64. The van der Waals surface area contributed by atoms with E-state index in [-0.39, 0.29) is 22.6 Å². The zero-order valence-corrected chi connectivity index (χ0v) is 12.1. The van der Waals surface area contributed by atoms with Crippen molar-refractivity contribution in [1.82, 2.24) is 5.32 Å². The lowest BCUT2D eigenvalue weighted by molar-refractivity contribution is 0.0879. The van der Waals surface area contributed by atoms with Gasteiger partial charge in [-0.25, -0.2) is 8.42 Å². The molecule has 1 aromatic carbocycles. The van der Waals surface area contributed by atoms with Crippen LogP contribution < -0.4 is 10.0 Å². The van der Waals surface area contributed by atoms with Crippen LogP contribution in [0.25, 0.3) is 0 Å². The van der Waals surface area contributed by atoms with Gasteiger partial charge in [-0.05, 0) is 31.0 Å². The number of sulfonamides is 1. The minimum Gasteiger partial charge on any atom is -0.288 e. The minimum atomic E-state index is -3.48. The molecule has 2 rings (SSSR count). The van der Waals surface area contributed by atoms with Gasteiger partial charge in [0.2, 0.25) is 10.0 Å². The van der Waals surface area contributed by atoms with Crippen molar-refractivity contribution in [1.29, 1.82) is 0 Å². The molecule has 1 aliphatic heterocycles. The van der Waals surface area contributed by atoms with Gasteiger partial charge in [-0.3, -0.25) is 19.6 Å². The predicted octanol–water partition coefficient (Wildman–Crippen LogP) is 1.33. The van der Waals surface area contributed by atoms with Gasteiger partial charge in [-0.2, -0.15) is 0 Å². The Labute approximate surface area is 121 Å². The number of anilines is 1. The van der Waals surface area contributed by atoms with E-state index in [1.165, 1.54) is 18.2 Å². The van der Waals surface area contributed by atoms with Gasteiger partial charge < -0.3 is 0 Å². The molecule has 0 aliphatic carbocycles. The van der Waals surface area contributed by atoms with E-state index in [1.54, 1.807) is 0 Å². The Balaban J connectivity index is 2.13. The average molecular weight is 317 g/mol. The van der Waals surface area contributed by atoms with E-state index in [1.807, 2.05) is 0 Å². The van der Waals surface area contributed by atoms with E-state index < -0.39 is 21.8 Å². The smallest absolute Gasteiger partial charge is 0.259 e. The number of benzene rings is 1. The number of carbonyl (C=O) groups is 2. The molecule has 0 saturated carbocycles. The molecule has 0 bridgehead atoms. The van der Waals surface area contributed by atoms with Crippen molar-refractivity contribution >= 4 is 39.1 Å². The number of hydrogen-bond donors (Lipinski definition) is 2. The first kappa shape index (κ1) is 14.8. The SMILES string of the molecule is O=C1NC(=O)c2cc(NS(=O)(=O)CCCCCl)ccc21. The summed E-state index contributed by atoms with van der Waals surface area (Å²) in [6.07, 6.45) is 1.08. The Hall–Kier alpha value is -1.60. The molecule has 2 amide bonds. The summed E-state index contributed by atoms with van der Waals surface area (Å²) in [5.41, 5.74) is 0.690. The Bertz CT molecular complexity index is 657. The zero-order chi connectivity index (χ0) is 14.8. The molecule has 0 saturated heterocycles. The van der Waals surface area contributed by atoms with Crippen LogP contribution in [0.5, 0.6) is 0 Å². The molecule has 0 atom stereocenters. The minimum absolute atomic E-state index is 0.0398. The first-order valence-electron chi connectivity index (χ1n) is 5.99. The number of alkyl halides is 1. The maximum absolute atomic E-state index is 11.8. The summed E-state index contributed by atoms with van der Waals surface area (Å²) in [6, 6.07) is 4.23. The molecular formula is C12H13ClN2O4S. The van der Waals surface area contributed by atoms with Gasteiger partial charge in [-0.1, -0.05) is 0 Å². The van der Waals surface area contributed by atoms with Crippen LogP contribution in [0, 0.1) is 0 Å². The summed E-state index contributed by atoms with van der Waals surface area (Å²) in [5, 5.41) is 2.14. The van der Waals surface area contributed by atoms with Crippen LogP contribution in [0.3, 0.4) is 0 Å². The molecule has 0 spiro atoms. The molecule has 8 heteroatoms. The predicted molar refractivity (Wildman–Crippen MR) is 75.6 cm³/mol. The Kier molecular flexibility index (Phi) is 4.29. The largest absolute Gasteiger partial charge is 0.288 e. The van der Waals surface area contributed by atoms with Crippen molar-refractivity contribution in [3.05, 3.63) is 29.3 Å². The molecule has 108 valence electrons. The number of unbranched alkanes of at least 4 members (excludes halogenated alkanes) is 1. The topological polar surface area (TPSA) is 92.3 Å². The van der Waals surface area contributed by atoms with Gasteiger partial charge in [-0.15, -0.1) is 11.6 Å². The van der Waals surface area contributed by atoms with Gasteiger partial charge in [0.25, 0.3) is 11.8 Å². The third-order valence-electron chi connectivity index (χ3n) is 2.81. The summed E-state index contributed by atoms with van der Waals surface area (Å²) in [6.45, 7) is 0. The van der Waals surface area contributed by atoms with E-state index in [9.17, 15) is 18.0 Å². The molecule has 20 heavy (non-hydrogen) atoms. The number of nitrogens with one attached hydrogen (secondary N) is 2. The van der Waals surface area contributed by atoms with Gasteiger partial charge in [0.15, 0.2) is 0 Å². The van der Waals surface area contributed by atoms with E-state index in [4.69, 9.17) is 11.6 Å². The first-order chi connectivity index (χ1) is 9.43. The second kappa shape index (κ2) is 5.80. The van der Waals surface area contributed by atoms with Crippen LogP contribution in [0.1, 0.15) is 33.6 Å². The lowest BCUT2D eigenvalue weighted by Gasteiger charge is -2.08. The number of fused-ring (bicyclic) bond motifs is 1.